The van der Waals surface area contributed by atoms with E-state index in [0.29, 0.717) is 13.0 Å². The molecule has 6 nitrogen and oxygen atoms in total. The second-order valence-corrected chi connectivity index (χ2v) is 9.40. The lowest BCUT2D eigenvalue weighted by molar-refractivity contribution is -0.132. The van der Waals surface area contributed by atoms with Crippen LogP contribution >= 0.6 is 0 Å². The molecular weight excluding hydrogens is 398 g/mol. The molecule has 162 valence electrons. The van der Waals surface area contributed by atoms with Gasteiger partial charge in [-0.3, -0.25) is 4.79 Å². The van der Waals surface area contributed by atoms with Gasteiger partial charge in [-0.1, -0.05) is 36.8 Å². The lowest BCUT2D eigenvalue weighted by Crippen LogP contribution is -2.37. The highest BCUT2D eigenvalue weighted by atomic mass is 32.2. The molecule has 30 heavy (non-hydrogen) atoms. The third-order valence-electron chi connectivity index (χ3n) is 5.70. The fraction of sp³-hybridized carbons (Fsp3) is 0.435. The zero-order valence-electron chi connectivity index (χ0n) is 18.2. The van der Waals surface area contributed by atoms with Gasteiger partial charge in [0.2, 0.25) is 15.9 Å². The maximum atomic E-state index is 13.4. The van der Waals surface area contributed by atoms with Gasteiger partial charge in [-0.25, -0.2) is 8.42 Å². The second-order valence-electron chi connectivity index (χ2n) is 7.51. The van der Waals surface area contributed by atoms with Gasteiger partial charge in [0, 0.05) is 38.3 Å². The zero-order valence-corrected chi connectivity index (χ0v) is 19.0. The van der Waals surface area contributed by atoms with Gasteiger partial charge in [0.1, 0.15) is 6.17 Å². The average molecular weight is 430 g/mol. The first kappa shape index (κ1) is 22.3. The molecule has 0 aromatic heterocycles. The predicted octanol–water partition coefficient (Wildman–Crippen LogP) is 3.78. The second kappa shape index (κ2) is 9.18. The largest absolute Gasteiger partial charge is 0.372 e. The van der Waals surface area contributed by atoms with Crippen LogP contribution in [0.25, 0.3) is 0 Å². The zero-order chi connectivity index (χ0) is 21.9. The number of hydrogen-bond donors (Lipinski definition) is 0. The highest BCUT2D eigenvalue weighted by Gasteiger charge is 2.42. The molecular formula is C23H31N3O3S. The van der Waals surface area contributed by atoms with Crippen molar-refractivity contribution in [3.63, 3.8) is 0 Å². The molecule has 0 unspecified atom stereocenters. The maximum Gasteiger partial charge on any atom is 0.245 e. The number of rotatable bonds is 7. The van der Waals surface area contributed by atoms with Crippen molar-refractivity contribution in [1.29, 1.82) is 0 Å². The van der Waals surface area contributed by atoms with Crippen molar-refractivity contribution < 1.29 is 13.2 Å². The summed E-state index contributed by atoms with van der Waals surface area (Å²) < 4.78 is 28.3. The van der Waals surface area contributed by atoms with Crippen LogP contribution in [0.3, 0.4) is 0 Å². The Morgan fingerprint density at radius 3 is 2.10 bits per heavy atom. The van der Waals surface area contributed by atoms with Crippen molar-refractivity contribution in [2.24, 2.45) is 0 Å². The number of hydrogen-bond acceptors (Lipinski definition) is 4. The molecule has 1 aliphatic rings. The number of benzene rings is 2. The van der Waals surface area contributed by atoms with Crippen LogP contribution in [0, 0.1) is 6.92 Å². The highest BCUT2D eigenvalue weighted by molar-refractivity contribution is 7.89. The highest BCUT2D eigenvalue weighted by Crippen LogP contribution is 2.36. The molecule has 2 aromatic carbocycles. The molecule has 1 aliphatic heterocycles. The van der Waals surface area contributed by atoms with Gasteiger partial charge in [-0.15, -0.1) is 0 Å². The van der Waals surface area contributed by atoms with Crippen molar-refractivity contribution in [2.45, 2.75) is 45.2 Å². The van der Waals surface area contributed by atoms with Crippen molar-refractivity contribution in [2.75, 3.05) is 31.1 Å². The summed E-state index contributed by atoms with van der Waals surface area (Å²) in [5, 5.41) is 0. The fourth-order valence-electron chi connectivity index (χ4n) is 3.96. The Morgan fingerprint density at radius 1 is 0.967 bits per heavy atom. The van der Waals surface area contributed by atoms with Gasteiger partial charge in [0.05, 0.1) is 4.90 Å². The number of nitrogens with zero attached hydrogens (tertiary/aromatic N) is 3. The summed E-state index contributed by atoms with van der Waals surface area (Å²) in [7, 11) is -3.73. The van der Waals surface area contributed by atoms with Crippen LogP contribution in [-0.4, -0.2) is 49.7 Å². The van der Waals surface area contributed by atoms with E-state index < -0.39 is 16.2 Å². The molecule has 1 fully saturated rings. The Balaban J connectivity index is 2.01. The number of sulfonamides is 1. The number of anilines is 1. The van der Waals surface area contributed by atoms with Gasteiger partial charge < -0.3 is 9.80 Å². The molecule has 7 heteroatoms. The molecule has 0 N–H and O–H groups in total. The predicted molar refractivity (Wildman–Crippen MR) is 120 cm³/mol. The molecule has 1 heterocycles. The van der Waals surface area contributed by atoms with Gasteiger partial charge in [-0.2, -0.15) is 4.31 Å². The van der Waals surface area contributed by atoms with Gasteiger partial charge in [-0.05, 0) is 50.6 Å². The monoisotopic (exact) mass is 429 g/mol. The topological polar surface area (TPSA) is 60.9 Å². The lowest BCUT2D eigenvalue weighted by atomic mass is 10.1. The number of carbonyl (C=O) groups excluding carboxylic acids is 1. The molecule has 1 amide bonds. The van der Waals surface area contributed by atoms with Crippen molar-refractivity contribution in [1.82, 2.24) is 9.21 Å². The van der Waals surface area contributed by atoms with Gasteiger partial charge in [0.25, 0.3) is 0 Å². The van der Waals surface area contributed by atoms with E-state index in [0.717, 1.165) is 29.9 Å². The number of aryl methyl sites for hydroxylation is 1. The third kappa shape index (κ3) is 4.23. The first-order chi connectivity index (χ1) is 14.3. The Kier molecular flexibility index (Phi) is 6.83. The average Bonchev–Trinajstić information content (AvgIpc) is 3.21. The minimum atomic E-state index is -3.73. The molecule has 0 bridgehead atoms. The molecule has 1 atom stereocenters. The van der Waals surface area contributed by atoms with Crippen LogP contribution in [0.4, 0.5) is 5.69 Å². The molecule has 3 rings (SSSR count). The van der Waals surface area contributed by atoms with E-state index in [2.05, 4.69) is 18.7 Å². The first-order valence-electron chi connectivity index (χ1n) is 10.6. The molecule has 1 saturated heterocycles. The summed E-state index contributed by atoms with van der Waals surface area (Å²) in [4.78, 5) is 16.8. The Bertz CT molecular complexity index is 968. The number of amides is 1. The lowest BCUT2D eigenvalue weighted by Gasteiger charge is -2.30. The fourth-order valence-corrected chi connectivity index (χ4v) is 5.53. The standard InChI is InChI=1S/C23H31N3O3S/c1-5-22(27)25-16-17-26(30(28,29)21-14-8-18(4)9-15-21)23(25)19-10-12-20(13-11-19)24(6-2)7-3/h8-15,23H,5-7,16-17H2,1-4H3/t23-/m0/s1. The first-order valence-corrected chi connectivity index (χ1v) is 12.0. The van der Waals surface area contributed by atoms with Crippen LogP contribution in [0.1, 0.15) is 44.5 Å². The van der Waals surface area contributed by atoms with Crippen LogP contribution in [0.5, 0.6) is 0 Å². The van der Waals surface area contributed by atoms with Crippen molar-refractivity contribution >= 4 is 21.6 Å². The summed E-state index contributed by atoms with van der Waals surface area (Å²) in [6, 6.07) is 14.8. The smallest absolute Gasteiger partial charge is 0.245 e. The van der Waals surface area contributed by atoms with Crippen LogP contribution in [0.15, 0.2) is 53.4 Å². The Labute approximate surface area is 180 Å². The molecule has 0 radical (unpaired) electrons. The maximum absolute atomic E-state index is 13.4. The molecule has 0 aliphatic carbocycles. The summed E-state index contributed by atoms with van der Waals surface area (Å²) in [5.41, 5.74) is 2.89. The van der Waals surface area contributed by atoms with E-state index in [1.807, 2.05) is 31.2 Å². The van der Waals surface area contributed by atoms with E-state index in [9.17, 15) is 13.2 Å². The SMILES string of the molecule is CCC(=O)N1CCN(S(=O)(=O)c2ccc(C)cc2)[C@H]1c1ccc(N(CC)CC)cc1. The van der Waals surface area contributed by atoms with Crippen LogP contribution in [-0.2, 0) is 14.8 Å². The van der Waals surface area contributed by atoms with Gasteiger partial charge in [0.15, 0.2) is 0 Å². The summed E-state index contributed by atoms with van der Waals surface area (Å²) in [5.74, 6) is -0.0468. The number of carbonyl (C=O) groups is 1. The van der Waals surface area contributed by atoms with E-state index in [1.54, 1.807) is 36.1 Å². The van der Waals surface area contributed by atoms with Gasteiger partial charge >= 0.3 is 0 Å². The Hall–Kier alpha value is -2.38. The summed E-state index contributed by atoms with van der Waals surface area (Å²) >= 11 is 0. The minimum Gasteiger partial charge on any atom is -0.372 e. The van der Waals surface area contributed by atoms with E-state index >= 15 is 0 Å². The molecule has 0 saturated carbocycles. The Morgan fingerprint density at radius 2 is 1.57 bits per heavy atom. The van der Waals surface area contributed by atoms with Crippen LogP contribution in [0.2, 0.25) is 0 Å². The van der Waals surface area contributed by atoms with Crippen molar-refractivity contribution in [3.05, 3.63) is 59.7 Å². The summed E-state index contributed by atoms with van der Waals surface area (Å²) in [6.45, 7) is 10.4. The quantitative estimate of drug-likeness (QED) is 0.672. The van der Waals surface area contributed by atoms with E-state index in [1.165, 1.54) is 4.31 Å². The normalized spacial score (nSPS) is 17.3. The van der Waals surface area contributed by atoms with E-state index in [-0.39, 0.29) is 17.3 Å². The molecule has 0 spiro atoms. The molecule has 2 aromatic rings. The summed E-state index contributed by atoms with van der Waals surface area (Å²) in [6.07, 6.45) is -0.290. The van der Waals surface area contributed by atoms with Crippen molar-refractivity contribution in [3.8, 4) is 0 Å². The third-order valence-corrected chi connectivity index (χ3v) is 7.57. The van der Waals surface area contributed by atoms with Crippen LogP contribution < -0.4 is 4.90 Å². The van der Waals surface area contributed by atoms with E-state index in [4.69, 9.17) is 0 Å². The minimum absolute atomic E-state index is 0.0468.